The number of carboxylic acids is 1. The average molecular weight is 378 g/mol. The number of carbonyl (C=O) groups is 1. The van der Waals surface area contributed by atoms with E-state index in [1.807, 2.05) is 53.9 Å². The molecule has 134 valence electrons. The number of aromatic nitrogens is 2. The molecule has 3 heterocycles. The summed E-state index contributed by atoms with van der Waals surface area (Å²) in [5, 5.41) is 11.8. The fourth-order valence-corrected chi connectivity index (χ4v) is 4.16. The number of thiazole rings is 1. The lowest BCUT2D eigenvalue weighted by atomic mass is 10.1. The van der Waals surface area contributed by atoms with Crippen LogP contribution >= 0.6 is 11.3 Å². The lowest BCUT2D eigenvalue weighted by molar-refractivity contribution is 0.0690. The van der Waals surface area contributed by atoms with Crippen molar-refractivity contribution in [2.24, 2.45) is 0 Å². The summed E-state index contributed by atoms with van der Waals surface area (Å²) in [5.41, 5.74) is 3.01. The Balaban J connectivity index is 1.73. The summed E-state index contributed by atoms with van der Waals surface area (Å²) >= 11 is 1.41. The van der Waals surface area contributed by atoms with Gasteiger partial charge in [-0.1, -0.05) is 30.3 Å². The molecule has 0 aliphatic carbocycles. The molecule has 27 heavy (non-hydrogen) atoms. The van der Waals surface area contributed by atoms with Gasteiger partial charge < -0.3 is 14.6 Å². The number of hydrogen-bond acceptors (Lipinski definition) is 5. The molecule has 0 saturated carbocycles. The second-order valence-electron chi connectivity index (χ2n) is 6.08. The molecule has 5 rings (SSSR count). The van der Waals surface area contributed by atoms with E-state index in [1.165, 1.54) is 11.3 Å². The van der Waals surface area contributed by atoms with Crippen molar-refractivity contribution in [2.75, 3.05) is 13.2 Å². The summed E-state index contributed by atoms with van der Waals surface area (Å²) in [6, 6.07) is 15.0. The first-order valence-corrected chi connectivity index (χ1v) is 9.29. The molecule has 1 aliphatic rings. The van der Waals surface area contributed by atoms with Crippen LogP contribution in [0.2, 0.25) is 0 Å². The van der Waals surface area contributed by atoms with Gasteiger partial charge in [-0.05, 0) is 18.2 Å². The molecule has 0 radical (unpaired) electrons. The van der Waals surface area contributed by atoms with Gasteiger partial charge in [0.25, 0.3) is 0 Å². The van der Waals surface area contributed by atoms with E-state index in [2.05, 4.69) is 4.98 Å². The Morgan fingerprint density at radius 3 is 2.59 bits per heavy atom. The van der Waals surface area contributed by atoms with Crippen LogP contribution in [0.1, 0.15) is 10.5 Å². The maximum absolute atomic E-state index is 12.1. The molecule has 6 nitrogen and oxygen atoms in total. The van der Waals surface area contributed by atoms with Crippen molar-refractivity contribution in [2.45, 2.75) is 0 Å². The van der Waals surface area contributed by atoms with Gasteiger partial charge in [0.15, 0.2) is 22.2 Å². The number of benzene rings is 2. The van der Waals surface area contributed by atoms with Gasteiger partial charge in [-0.25, -0.2) is 9.78 Å². The molecular formula is C20H14N2O4S. The summed E-state index contributed by atoms with van der Waals surface area (Å²) < 4.78 is 12.9. The molecule has 0 saturated heterocycles. The first kappa shape index (κ1) is 15.9. The number of ether oxygens (including phenoxy) is 2. The number of hydrogen-bond donors (Lipinski definition) is 1. The molecule has 0 fully saturated rings. The van der Waals surface area contributed by atoms with E-state index in [-0.39, 0.29) is 5.69 Å². The van der Waals surface area contributed by atoms with Crippen LogP contribution < -0.4 is 9.47 Å². The fourth-order valence-electron chi connectivity index (χ4n) is 3.26. The minimum Gasteiger partial charge on any atom is -0.486 e. The maximum atomic E-state index is 12.1. The number of rotatable bonds is 3. The highest BCUT2D eigenvalue weighted by Gasteiger charge is 2.24. The second kappa shape index (κ2) is 6.14. The topological polar surface area (TPSA) is 73.1 Å². The zero-order chi connectivity index (χ0) is 18.4. The standard InChI is InChI=1S/C20H14N2O4S/c23-19(24)18-17(12-4-2-1-3-5-12)21-20-22(18)14(11-27-20)13-6-7-15-16(10-13)26-9-8-25-15/h1-7,10-11H,8-9H2,(H,23,24). The highest BCUT2D eigenvalue weighted by atomic mass is 32.1. The Kier molecular flexibility index (Phi) is 3.61. The van der Waals surface area contributed by atoms with Crippen LogP contribution in [-0.4, -0.2) is 33.7 Å². The van der Waals surface area contributed by atoms with E-state index in [4.69, 9.17) is 9.47 Å². The highest BCUT2D eigenvalue weighted by Crippen LogP contribution is 2.37. The van der Waals surface area contributed by atoms with Crippen LogP contribution in [0.25, 0.3) is 27.5 Å². The fraction of sp³-hybridized carbons (Fsp3) is 0.100. The third-order valence-corrected chi connectivity index (χ3v) is 5.28. The second-order valence-corrected chi connectivity index (χ2v) is 6.91. The van der Waals surface area contributed by atoms with Gasteiger partial charge in [-0.2, -0.15) is 0 Å². The van der Waals surface area contributed by atoms with Gasteiger partial charge >= 0.3 is 5.97 Å². The Hall–Kier alpha value is -3.32. The van der Waals surface area contributed by atoms with Crippen LogP contribution in [0.15, 0.2) is 53.9 Å². The van der Waals surface area contributed by atoms with Crippen molar-refractivity contribution in [1.82, 2.24) is 9.38 Å². The van der Waals surface area contributed by atoms with Crippen LogP contribution in [0.5, 0.6) is 11.5 Å². The molecule has 2 aromatic heterocycles. The zero-order valence-corrected chi connectivity index (χ0v) is 14.9. The van der Waals surface area contributed by atoms with Crippen molar-refractivity contribution in [3.05, 3.63) is 59.6 Å². The minimum atomic E-state index is -1.02. The van der Waals surface area contributed by atoms with E-state index < -0.39 is 5.97 Å². The van der Waals surface area contributed by atoms with Gasteiger partial charge in [0.2, 0.25) is 0 Å². The largest absolute Gasteiger partial charge is 0.486 e. The number of carboxylic acid groups (broad SMARTS) is 1. The van der Waals surface area contributed by atoms with Crippen molar-refractivity contribution in [3.63, 3.8) is 0 Å². The van der Waals surface area contributed by atoms with Crippen LogP contribution in [0.3, 0.4) is 0 Å². The van der Waals surface area contributed by atoms with E-state index in [1.54, 1.807) is 4.40 Å². The Bertz CT molecular complexity index is 1160. The maximum Gasteiger partial charge on any atom is 0.355 e. The summed E-state index contributed by atoms with van der Waals surface area (Å²) in [5.74, 6) is 0.349. The molecule has 2 aromatic carbocycles. The smallest absolute Gasteiger partial charge is 0.355 e. The molecule has 0 spiro atoms. The van der Waals surface area contributed by atoms with E-state index in [9.17, 15) is 9.90 Å². The molecule has 0 atom stereocenters. The van der Waals surface area contributed by atoms with E-state index >= 15 is 0 Å². The van der Waals surface area contributed by atoms with E-state index in [0.717, 1.165) is 16.8 Å². The Morgan fingerprint density at radius 1 is 1.04 bits per heavy atom. The van der Waals surface area contributed by atoms with Crippen molar-refractivity contribution >= 4 is 22.3 Å². The first-order valence-electron chi connectivity index (χ1n) is 8.41. The molecule has 1 aliphatic heterocycles. The van der Waals surface area contributed by atoms with Gasteiger partial charge in [0.05, 0.1) is 5.69 Å². The Morgan fingerprint density at radius 2 is 1.81 bits per heavy atom. The summed E-state index contributed by atoms with van der Waals surface area (Å²) in [6.07, 6.45) is 0. The molecule has 0 bridgehead atoms. The van der Waals surface area contributed by atoms with Crippen LogP contribution in [-0.2, 0) is 0 Å². The molecule has 4 aromatic rings. The monoisotopic (exact) mass is 378 g/mol. The number of aromatic carboxylic acids is 1. The number of fused-ring (bicyclic) bond motifs is 2. The first-order chi connectivity index (χ1) is 13.2. The molecule has 0 amide bonds. The quantitative estimate of drug-likeness (QED) is 0.578. The van der Waals surface area contributed by atoms with E-state index in [0.29, 0.717) is 35.4 Å². The normalized spacial score (nSPS) is 13.0. The van der Waals surface area contributed by atoms with Crippen LogP contribution in [0, 0.1) is 0 Å². The third kappa shape index (κ3) is 2.55. The third-order valence-electron chi connectivity index (χ3n) is 4.45. The van der Waals surface area contributed by atoms with Crippen molar-refractivity contribution in [3.8, 4) is 34.0 Å². The summed E-state index contributed by atoms with van der Waals surface area (Å²) in [7, 11) is 0. The summed E-state index contributed by atoms with van der Waals surface area (Å²) in [6.45, 7) is 1.03. The lowest BCUT2D eigenvalue weighted by Gasteiger charge is -2.18. The highest BCUT2D eigenvalue weighted by molar-refractivity contribution is 7.15. The van der Waals surface area contributed by atoms with Crippen molar-refractivity contribution < 1.29 is 19.4 Å². The van der Waals surface area contributed by atoms with Gasteiger partial charge in [-0.15, -0.1) is 11.3 Å². The molecule has 0 unspecified atom stereocenters. The number of imidazole rings is 1. The zero-order valence-electron chi connectivity index (χ0n) is 14.1. The average Bonchev–Trinajstić information content (AvgIpc) is 3.27. The molecule has 7 heteroatoms. The predicted octanol–water partition coefficient (Wildman–Crippen LogP) is 4.20. The number of nitrogens with zero attached hydrogens (tertiary/aromatic N) is 2. The predicted molar refractivity (Wildman–Crippen MR) is 102 cm³/mol. The molecule has 1 N–H and O–H groups in total. The Labute approximate surface area is 158 Å². The molecular weight excluding hydrogens is 364 g/mol. The van der Waals surface area contributed by atoms with Gasteiger partial charge in [0.1, 0.15) is 18.9 Å². The van der Waals surface area contributed by atoms with Gasteiger partial charge in [-0.3, -0.25) is 4.40 Å². The van der Waals surface area contributed by atoms with Crippen LogP contribution in [0.4, 0.5) is 0 Å². The van der Waals surface area contributed by atoms with Gasteiger partial charge in [0, 0.05) is 16.5 Å². The minimum absolute atomic E-state index is 0.155. The SMILES string of the molecule is O=C(O)c1c(-c2ccccc2)nc2scc(-c3ccc4c(c3)OCCO4)n12. The van der Waals surface area contributed by atoms with Crippen molar-refractivity contribution in [1.29, 1.82) is 0 Å². The lowest BCUT2D eigenvalue weighted by Crippen LogP contribution is -2.15. The summed E-state index contributed by atoms with van der Waals surface area (Å²) in [4.78, 5) is 17.3.